The fraction of sp³-hybridized carbons (Fsp3) is 0.0833. The smallest absolute Gasteiger partial charge is 0.311 e. The standard InChI is InChI=1S/C12H11ClN4O2/c13-9-4-2-1-3-8(9)7-15-11-6-5-10(17(18)19)12(14)16-11/h1-6H,7H2,(H3,14,15,16). The van der Waals surface area contributed by atoms with Crippen molar-refractivity contribution >= 4 is 28.9 Å². The van der Waals surface area contributed by atoms with E-state index in [2.05, 4.69) is 10.3 Å². The predicted molar refractivity (Wildman–Crippen MR) is 74.1 cm³/mol. The van der Waals surface area contributed by atoms with Gasteiger partial charge in [0.15, 0.2) is 0 Å². The SMILES string of the molecule is Nc1nc(NCc2ccccc2Cl)ccc1[N+](=O)[O-]. The Balaban J connectivity index is 2.11. The summed E-state index contributed by atoms with van der Waals surface area (Å²) in [6, 6.07) is 10.2. The number of nitrogens with two attached hydrogens (primary N) is 1. The summed E-state index contributed by atoms with van der Waals surface area (Å²) in [6.07, 6.45) is 0. The predicted octanol–water partition coefficient (Wildman–Crippen LogP) is 2.84. The molecule has 0 radical (unpaired) electrons. The molecule has 19 heavy (non-hydrogen) atoms. The fourth-order valence-corrected chi connectivity index (χ4v) is 1.75. The van der Waals surface area contributed by atoms with Crippen molar-refractivity contribution in [2.24, 2.45) is 0 Å². The lowest BCUT2D eigenvalue weighted by Gasteiger charge is -2.07. The fourth-order valence-electron chi connectivity index (χ4n) is 1.55. The monoisotopic (exact) mass is 278 g/mol. The molecular formula is C12H11ClN4O2. The highest BCUT2D eigenvalue weighted by molar-refractivity contribution is 6.31. The second-order valence-corrected chi connectivity index (χ2v) is 4.21. The van der Waals surface area contributed by atoms with Crippen molar-refractivity contribution in [1.29, 1.82) is 0 Å². The first-order valence-corrected chi connectivity index (χ1v) is 5.84. The molecule has 2 rings (SSSR count). The lowest BCUT2D eigenvalue weighted by molar-refractivity contribution is -0.384. The Kier molecular flexibility index (Phi) is 3.82. The minimum absolute atomic E-state index is 0.117. The molecule has 0 spiro atoms. The van der Waals surface area contributed by atoms with Crippen molar-refractivity contribution < 1.29 is 4.92 Å². The summed E-state index contributed by atoms with van der Waals surface area (Å²) < 4.78 is 0. The first kappa shape index (κ1) is 13.1. The highest BCUT2D eigenvalue weighted by Crippen LogP contribution is 2.22. The molecule has 1 aromatic carbocycles. The van der Waals surface area contributed by atoms with Crippen LogP contribution in [0.5, 0.6) is 0 Å². The van der Waals surface area contributed by atoms with Gasteiger partial charge in [-0.1, -0.05) is 29.8 Å². The van der Waals surface area contributed by atoms with E-state index in [9.17, 15) is 10.1 Å². The second-order valence-electron chi connectivity index (χ2n) is 3.80. The molecule has 0 fully saturated rings. The number of aromatic nitrogens is 1. The normalized spacial score (nSPS) is 10.2. The number of nitrogens with one attached hydrogen (secondary N) is 1. The van der Waals surface area contributed by atoms with Crippen LogP contribution in [0.1, 0.15) is 5.56 Å². The molecule has 0 aliphatic heterocycles. The van der Waals surface area contributed by atoms with E-state index in [1.165, 1.54) is 12.1 Å². The molecule has 2 aromatic rings. The van der Waals surface area contributed by atoms with Crippen LogP contribution < -0.4 is 11.1 Å². The van der Waals surface area contributed by atoms with Crippen LogP contribution in [0.3, 0.4) is 0 Å². The number of rotatable bonds is 4. The lowest BCUT2D eigenvalue weighted by Crippen LogP contribution is -2.05. The van der Waals surface area contributed by atoms with Crippen molar-refractivity contribution in [2.45, 2.75) is 6.54 Å². The number of nitrogens with zero attached hydrogens (tertiary/aromatic N) is 2. The van der Waals surface area contributed by atoms with E-state index in [-0.39, 0.29) is 11.5 Å². The molecule has 6 nitrogen and oxygen atoms in total. The summed E-state index contributed by atoms with van der Waals surface area (Å²) in [7, 11) is 0. The number of halogens is 1. The third kappa shape index (κ3) is 3.11. The van der Waals surface area contributed by atoms with Gasteiger partial charge in [0.05, 0.1) is 4.92 Å². The van der Waals surface area contributed by atoms with Gasteiger partial charge < -0.3 is 11.1 Å². The molecule has 1 heterocycles. The van der Waals surface area contributed by atoms with Gasteiger partial charge in [-0.15, -0.1) is 0 Å². The number of hydrogen-bond donors (Lipinski definition) is 2. The summed E-state index contributed by atoms with van der Waals surface area (Å²) in [5, 5.41) is 14.3. The average Bonchev–Trinajstić information content (AvgIpc) is 2.37. The zero-order valence-electron chi connectivity index (χ0n) is 9.84. The molecule has 7 heteroatoms. The van der Waals surface area contributed by atoms with Crippen molar-refractivity contribution in [2.75, 3.05) is 11.1 Å². The van der Waals surface area contributed by atoms with Crippen LogP contribution in [0, 0.1) is 10.1 Å². The van der Waals surface area contributed by atoms with Crippen LogP contribution in [0.2, 0.25) is 5.02 Å². The maximum atomic E-state index is 10.6. The van der Waals surface area contributed by atoms with Gasteiger partial charge in [0.25, 0.3) is 0 Å². The largest absolute Gasteiger partial charge is 0.378 e. The van der Waals surface area contributed by atoms with Crippen LogP contribution in [0.25, 0.3) is 0 Å². The van der Waals surface area contributed by atoms with Crippen LogP contribution in [0.15, 0.2) is 36.4 Å². The van der Waals surface area contributed by atoms with E-state index in [0.717, 1.165) is 5.56 Å². The molecular weight excluding hydrogens is 268 g/mol. The number of benzene rings is 1. The third-order valence-electron chi connectivity index (χ3n) is 2.52. The molecule has 0 aliphatic rings. The van der Waals surface area contributed by atoms with Crippen molar-refractivity contribution in [3.05, 3.63) is 57.1 Å². The first-order valence-electron chi connectivity index (χ1n) is 5.46. The summed E-state index contributed by atoms with van der Waals surface area (Å²) in [5.41, 5.74) is 6.20. The Morgan fingerprint density at radius 1 is 1.32 bits per heavy atom. The van der Waals surface area contributed by atoms with Gasteiger partial charge in [-0.05, 0) is 17.7 Å². The summed E-state index contributed by atoms with van der Waals surface area (Å²) >= 11 is 6.01. The van der Waals surface area contributed by atoms with Crippen molar-refractivity contribution in [3.8, 4) is 0 Å². The molecule has 0 saturated heterocycles. The Morgan fingerprint density at radius 2 is 2.05 bits per heavy atom. The number of nitro groups is 1. The van der Waals surface area contributed by atoms with E-state index < -0.39 is 4.92 Å². The van der Waals surface area contributed by atoms with E-state index in [4.69, 9.17) is 17.3 Å². The summed E-state index contributed by atoms with van der Waals surface area (Å²) in [6.45, 7) is 0.462. The Labute approximate surface area is 114 Å². The van der Waals surface area contributed by atoms with E-state index in [0.29, 0.717) is 17.4 Å². The van der Waals surface area contributed by atoms with Crippen LogP contribution in [-0.4, -0.2) is 9.91 Å². The van der Waals surface area contributed by atoms with Crippen LogP contribution in [0.4, 0.5) is 17.3 Å². The Morgan fingerprint density at radius 3 is 2.68 bits per heavy atom. The number of hydrogen-bond acceptors (Lipinski definition) is 5. The van der Waals surface area contributed by atoms with Crippen molar-refractivity contribution in [3.63, 3.8) is 0 Å². The highest BCUT2D eigenvalue weighted by Gasteiger charge is 2.12. The quantitative estimate of drug-likeness (QED) is 0.662. The van der Waals surface area contributed by atoms with Gasteiger partial charge in [0.1, 0.15) is 5.82 Å². The van der Waals surface area contributed by atoms with E-state index in [1.54, 1.807) is 6.07 Å². The number of anilines is 2. The lowest BCUT2D eigenvalue weighted by atomic mass is 10.2. The minimum atomic E-state index is -0.569. The molecule has 98 valence electrons. The van der Waals surface area contributed by atoms with Gasteiger partial charge in [0.2, 0.25) is 5.82 Å². The van der Waals surface area contributed by atoms with Gasteiger partial charge in [0, 0.05) is 17.6 Å². The molecule has 0 amide bonds. The summed E-state index contributed by atoms with van der Waals surface area (Å²) in [5.74, 6) is 0.345. The highest BCUT2D eigenvalue weighted by atomic mass is 35.5. The van der Waals surface area contributed by atoms with Gasteiger partial charge in [-0.25, -0.2) is 4.98 Å². The average molecular weight is 279 g/mol. The molecule has 0 atom stereocenters. The number of nitrogen functional groups attached to an aromatic ring is 1. The maximum Gasteiger partial charge on any atom is 0.311 e. The van der Waals surface area contributed by atoms with E-state index in [1.807, 2.05) is 18.2 Å². The zero-order chi connectivity index (χ0) is 13.8. The molecule has 3 N–H and O–H groups in total. The Bertz CT molecular complexity index is 618. The third-order valence-corrected chi connectivity index (χ3v) is 2.89. The Hall–Kier alpha value is -2.34. The minimum Gasteiger partial charge on any atom is -0.378 e. The van der Waals surface area contributed by atoms with Crippen LogP contribution >= 0.6 is 11.6 Å². The van der Waals surface area contributed by atoms with Gasteiger partial charge in [-0.3, -0.25) is 10.1 Å². The van der Waals surface area contributed by atoms with Gasteiger partial charge >= 0.3 is 5.69 Å². The van der Waals surface area contributed by atoms with E-state index >= 15 is 0 Å². The first-order chi connectivity index (χ1) is 9.08. The summed E-state index contributed by atoms with van der Waals surface area (Å²) in [4.78, 5) is 14.0. The topological polar surface area (TPSA) is 94.1 Å². The molecule has 0 unspecified atom stereocenters. The van der Waals surface area contributed by atoms with Crippen LogP contribution in [-0.2, 0) is 6.54 Å². The molecule has 0 bridgehead atoms. The molecule has 1 aromatic heterocycles. The van der Waals surface area contributed by atoms with Gasteiger partial charge in [-0.2, -0.15) is 0 Å². The zero-order valence-corrected chi connectivity index (χ0v) is 10.6. The molecule has 0 aliphatic carbocycles. The number of pyridine rings is 1. The maximum absolute atomic E-state index is 10.6. The van der Waals surface area contributed by atoms with Crippen molar-refractivity contribution in [1.82, 2.24) is 4.98 Å². The second kappa shape index (κ2) is 5.53. The molecule has 0 saturated carbocycles.